The van der Waals surface area contributed by atoms with E-state index in [1.807, 2.05) is 39.0 Å². The van der Waals surface area contributed by atoms with E-state index in [0.717, 1.165) is 28.6 Å². The molecule has 1 aliphatic heterocycles. The molecule has 0 bridgehead atoms. The maximum absolute atomic E-state index is 14.0. The van der Waals surface area contributed by atoms with Gasteiger partial charge in [-0.3, -0.25) is 4.79 Å². The molecule has 0 radical (unpaired) electrons. The second-order valence-corrected chi connectivity index (χ2v) is 9.60. The number of aromatic nitrogens is 3. The fourth-order valence-corrected chi connectivity index (χ4v) is 5.25. The Balaban J connectivity index is 1.46. The zero-order chi connectivity index (χ0) is 26.3. The van der Waals surface area contributed by atoms with Crippen molar-refractivity contribution in [2.24, 2.45) is 5.92 Å². The molecule has 1 saturated heterocycles. The van der Waals surface area contributed by atoms with Gasteiger partial charge in [-0.05, 0) is 43.4 Å². The SMILES string of the molecule is CCC(=O)[C@H]1CNC[C@@H](Nc2ncc(C(F)(F)F)c(C3=CCc4cc(-c5c(C)noc5C)ccc43)n2)C1. The van der Waals surface area contributed by atoms with E-state index in [1.54, 1.807) is 6.08 Å². The highest BCUT2D eigenvalue weighted by atomic mass is 19.4. The number of hydrogen-bond donors (Lipinski definition) is 2. The van der Waals surface area contributed by atoms with Crippen molar-refractivity contribution < 1.29 is 22.5 Å². The standard InChI is InChI=1S/C27H28F3N5O2/c1-4-23(36)18-10-19(12-31-11-18)33-26-32-13-22(27(28,29)30)25(34-26)21-8-5-16-9-17(6-7-20(16)21)24-14(2)35-37-15(24)3/h6-9,13,18-19,31H,4-5,10-12H2,1-3H3,(H,32,33,34)/t18-,19+/m1/s1. The summed E-state index contributed by atoms with van der Waals surface area (Å²) in [6.45, 7) is 6.69. The second-order valence-electron chi connectivity index (χ2n) is 9.60. The van der Waals surface area contributed by atoms with Crippen molar-refractivity contribution in [2.75, 3.05) is 18.4 Å². The number of nitrogens with one attached hydrogen (secondary N) is 2. The number of alkyl halides is 3. The minimum Gasteiger partial charge on any atom is -0.361 e. The Morgan fingerprint density at radius 2 is 2.05 bits per heavy atom. The van der Waals surface area contributed by atoms with E-state index in [0.29, 0.717) is 49.2 Å². The van der Waals surface area contributed by atoms with Crippen LogP contribution in [0.15, 0.2) is 35.0 Å². The predicted octanol–water partition coefficient (Wildman–Crippen LogP) is 5.12. The third-order valence-electron chi connectivity index (χ3n) is 7.08. The Morgan fingerprint density at radius 1 is 1.24 bits per heavy atom. The lowest BCUT2D eigenvalue weighted by atomic mass is 9.91. The molecule has 2 aliphatic rings. The number of benzene rings is 1. The van der Waals surface area contributed by atoms with E-state index in [2.05, 4.69) is 25.8 Å². The van der Waals surface area contributed by atoms with Gasteiger partial charge in [0.15, 0.2) is 0 Å². The lowest BCUT2D eigenvalue weighted by Gasteiger charge is -2.29. The van der Waals surface area contributed by atoms with E-state index < -0.39 is 11.7 Å². The second kappa shape index (κ2) is 9.74. The molecule has 0 saturated carbocycles. The molecule has 0 unspecified atom stereocenters. The fourth-order valence-electron chi connectivity index (χ4n) is 5.25. The van der Waals surface area contributed by atoms with Crippen molar-refractivity contribution >= 4 is 17.3 Å². The van der Waals surface area contributed by atoms with Crippen LogP contribution < -0.4 is 10.6 Å². The summed E-state index contributed by atoms with van der Waals surface area (Å²) in [5, 5.41) is 10.4. The molecular weight excluding hydrogens is 483 g/mol. The fraction of sp³-hybridized carbons (Fsp3) is 0.407. The zero-order valence-electron chi connectivity index (χ0n) is 20.9. The summed E-state index contributed by atoms with van der Waals surface area (Å²) in [5.41, 5.74) is 3.57. The van der Waals surface area contributed by atoms with E-state index >= 15 is 0 Å². The number of allylic oxidation sites excluding steroid dienone is 1. The summed E-state index contributed by atoms with van der Waals surface area (Å²) in [4.78, 5) is 20.5. The normalized spacial score (nSPS) is 19.5. The van der Waals surface area contributed by atoms with Gasteiger partial charge in [0.05, 0.1) is 11.4 Å². The average Bonchev–Trinajstić information content (AvgIpc) is 3.44. The predicted molar refractivity (Wildman–Crippen MR) is 133 cm³/mol. The minimum absolute atomic E-state index is 0.112. The number of nitrogens with zero attached hydrogens (tertiary/aromatic N) is 3. The quantitative estimate of drug-likeness (QED) is 0.474. The third-order valence-corrected chi connectivity index (χ3v) is 7.08. The number of carbonyl (C=O) groups is 1. The molecule has 0 spiro atoms. The number of ketones is 1. The molecule has 1 fully saturated rings. The van der Waals surface area contributed by atoms with Gasteiger partial charge in [0, 0.05) is 48.8 Å². The molecule has 1 aliphatic carbocycles. The number of rotatable bonds is 6. The van der Waals surface area contributed by atoms with Crippen LogP contribution in [0, 0.1) is 19.8 Å². The molecule has 37 heavy (non-hydrogen) atoms. The van der Waals surface area contributed by atoms with Crippen molar-refractivity contribution in [1.29, 1.82) is 0 Å². The number of halogens is 3. The molecule has 10 heteroatoms. The van der Waals surface area contributed by atoms with Crippen LogP contribution in [0.1, 0.15) is 53.6 Å². The van der Waals surface area contributed by atoms with Crippen LogP contribution in [0.5, 0.6) is 0 Å². The number of Topliss-reactive ketones (excluding diaryl/α,β-unsaturated/α-hetero) is 1. The van der Waals surface area contributed by atoms with Crippen molar-refractivity contribution in [1.82, 2.24) is 20.4 Å². The van der Waals surface area contributed by atoms with Gasteiger partial charge in [-0.15, -0.1) is 0 Å². The van der Waals surface area contributed by atoms with Gasteiger partial charge in [0.25, 0.3) is 0 Å². The summed E-state index contributed by atoms with van der Waals surface area (Å²) >= 11 is 0. The highest BCUT2D eigenvalue weighted by Crippen LogP contribution is 2.41. The van der Waals surface area contributed by atoms with Crippen LogP contribution in [0.2, 0.25) is 0 Å². The van der Waals surface area contributed by atoms with Crippen LogP contribution >= 0.6 is 0 Å². The highest BCUT2D eigenvalue weighted by Gasteiger charge is 2.37. The first-order chi connectivity index (χ1) is 17.7. The lowest BCUT2D eigenvalue weighted by Crippen LogP contribution is -2.45. The molecular formula is C27H28F3N5O2. The molecule has 0 amide bonds. The Hall–Kier alpha value is -3.53. The van der Waals surface area contributed by atoms with Crippen LogP contribution in [0.4, 0.5) is 19.1 Å². The van der Waals surface area contributed by atoms with Gasteiger partial charge in [-0.25, -0.2) is 9.97 Å². The molecule has 3 aromatic rings. The molecule has 1 aromatic carbocycles. The Bertz CT molecular complexity index is 1360. The Morgan fingerprint density at radius 3 is 2.76 bits per heavy atom. The van der Waals surface area contributed by atoms with Gasteiger partial charge in [-0.2, -0.15) is 13.2 Å². The summed E-state index contributed by atoms with van der Waals surface area (Å²) in [7, 11) is 0. The number of piperidine rings is 1. The van der Waals surface area contributed by atoms with Gasteiger partial charge >= 0.3 is 6.18 Å². The molecule has 2 atom stereocenters. The largest absolute Gasteiger partial charge is 0.419 e. The van der Waals surface area contributed by atoms with E-state index in [9.17, 15) is 18.0 Å². The molecule has 194 valence electrons. The first-order valence-electron chi connectivity index (χ1n) is 12.4. The zero-order valence-corrected chi connectivity index (χ0v) is 20.9. The Labute approximate surface area is 212 Å². The molecule has 7 nitrogen and oxygen atoms in total. The van der Waals surface area contributed by atoms with Gasteiger partial charge < -0.3 is 15.2 Å². The van der Waals surface area contributed by atoms with Crippen LogP contribution in [-0.4, -0.2) is 40.0 Å². The minimum atomic E-state index is -4.61. The summed E-state index contributed by atoms with van der Waals surface area (Å²) < 4.78 is 47.3. The first kappa shape index (κ1) is 25.1. The number of fused-ring (bicyclic) bond motifs is 1. The van der Waals surface area contributed by atoms with Gasteiger partial charge in [-0.1, -0.05) is 36.4 Å². The summed E-state index contributed by atoms with van der Waals surface area (Å²) in [5.74, 6) is 0.828. The number of carbonyl (C=O) groups excluding carboxylic acids is 1. The molecule has 3 heterocycles. The summed E-state index contributed by atoms with van der Waals surface area (Å²) in [6, 6.07) is 5.51. The van der Waals surface area contributed by atoms with E-state index in [4.69, 9.17) is 4.52 Å². The van der Waals surface area contributed by atoms with Crippen molar-refractivity contribution in [3.63, 3.8) is 0 Å². The highest BCUT2D eigenvalue weighted by molar-refractivity contribution is 5.86. The van der Waals surface area contributed by atoms with Crippen LogP contribution in [0.3, 0.4) is 0 Å². The average molecular weight is 512 g/mol. The van der Waals surface area contributed by atoms with Gasteiger partial charge in [0.2, 0.25) is 5.95 Å². The Kier molecular flexibility index (Phi) is 6.61. The summed E-state index contributed by atoms with van der Waals surface area (Å²) in [6.07, 6.45) is -0.479. The number of aryl methyl sites for hydroxylation is 2. The maximum Gasteiger partial charge on any atom is 0.419 e. The van der Waals surface area contributed by atoms with Crippen molar-refractivity contribution in [2.45, 2.75) is 52.3 Å². The smallest absolute Gasteiger partial charge is 0.361 e. The molecule has 2 N–H and O–H groups in total. The van der Waals surface area contributed by atoms with E-state index in [1.165, 1.54) is 0 Å². The molecule has 2 aromatic heterocycles. The first-order valence-corrected chi connectivity index (χ1v) is 12.4. The molecule has 5 rings (SSSR count). The topological polar surface area (TPSA) is 92.9 Å². The van der Waals surface area contributed by atoms with Crippen LogP contribution in [0.25, 0.3) is 16.7 Å². The number of hydrogen-bond acceptors (Lipinski definition) is 7. The van der Waals surface area contributed by atoms with Crippen molar-refractivity contribution in [3.8, 4) is 11.1 Å². The number of anilines is 1. The van der Waals surface area contributed by atoms with E-state index in [-0.39, 0.29) is 29.4 Å². The lowest BCUT2D eigenvalue weighted by molar-refractivity contribution is -0.138. The monoisotopic (exact) mass is 511 g/mol. The third kappa shape index (κ3) is 4.90. The van der Waals surface area contributed by atoms with Crippen molar-refractivity contribution in [3.05, 3.63) is 64.3 Å². The van der Waals surface area contributed by atoms with Crippen LogP contribution in [-0.2, 0) is 17.4 Å². The maximum atomic E-state index is 14.0. The van der Waals surface area contributed by atoms with Gasteiger partial charge in [0.1, 0.15) is 17.1 Å².